The first-order valence-corrected chi connectivity index (χ1v) is 8.55. The Balaban J connectivity index is 1.57. The highest BCUT2D eigenvalue weighted by atomic mass is 16.7. The van der Waals surface area contributed by atoms with Crippen molar-refractivity contribution in [2.75, 3.05) is 6.61 Å². The lowest BCUT2D eigenvalue weighted by Gasteiger charge is -2.30. The summed E-state index contributed by atoms with van der Waals surface area (Å²) in [5, 5.41) is 0. The number of rotatable bonds is 6. The van der Waals surface area contributed by atoms with Crippen LogP contribution in [0.1, 0.15) is 52.9 Å². The molecule has 1 fully saturated rings. The van der Waals surface area contributed by atoms with Gasteiger partial charge < -0.3 is 14.2 Å². The normalized spacial score (nSPS) is 33.5. The van der Waals surface area contributed by atoms with Crippen LogP contribution in [0.5, 0.6) is 0 Å². The Morgan fingerprint density at radius 1 is 1.09 bits per heavy atom. The minimum atomic E-state index is -0.167. The molecule has 2 heterocycles. The zero-order chi connectivity index (χ0) is 15.8. The van der Waals surface area contributed by atoms with E-state index in [9.17, 15) is 0 Å². The summed E-state index contributed by atoms with van der Waals surface area (Å²) < 4.78 is 17.1. The maximum absolute atomic E-state index is 5.73. The van der Waals surface area contributed by atoms with Gasteiger partial charge in [-0.25, -0.2) is 0 Å². The molecule has 0 aromatic carbocycles. The second-order valence-corrected chi connectivity index (χ2v) is 6.41. The van der Waals surface area contributed by atoms with Gasteiger partial charge in [0, 0.05) is 0 Å². The van der Waals surface area contributed by atoms with E-state index in [-0.39, 0.29) is 24.6 Å². The van der Waals surface area contributed by atoms with E-state index in [4.69, 9.17) is 14.2 Å². The summed E-state index contributed by atoms with van der Waals surface area (Å²) in [6.45, 7) is 7.14. The van der Waals surface area contributed by atoms with E-state index >= 15 is 0 Å². The molecule has 2 aliphatic heterocycles. The Morgan fingerprint density at radius 3 is 2.45 bits per heavy atom. The quantitative estimate of drug-likeness (QED) is 0.532. The fraction of sp³-hybridized carbons (Fsp3) is 0.684. The summed E-state index contributed by atoms with van der Waals surface area (Å²) in [4.78, 5) is 0. The Bertz CT molecular complexity index is 401. The molecule has 0 spiro atoms. The van der Waals surface area contributed by atoms with Gasteiger partial charge in [-0.15, -0.1) is 0 Å². The highest BCUT2D eigenvalue weighted by molar-refractivity contribution is 5.07. The third-order valence-electron chi connectivity index (χ3n) is 4.05. The lowest BCUT2D eigenvalue weighted by Crippen LogP contribution is -2.34. The van der Waals surface area contributed by atoms with Crippen molar-refractivity contribution in [2.24, 2.45) is 0 Å². The van der Waals surface area contributed by atoms with Crippen LogP contribution in [0.2, 0.25) is 0 Å². The lowest BCUT2D eigenvalue weighted by atomic mass is 10.1. The maximum atomic E-state index is 5.73. The van der Waals surface area contributed by atoms with Crippen LogP contribution in [0.25, 0.3) is 0 Å². The van der Waals surface area contributed by atoms with E-state index in [2.05, 4.69) is 45.1 Å². The van der Waals surface area contributed by atoms with Crippen molar-refractivity contribution >= 4 is 0 Å². The van der Waals surface area contributed by atoms with Crippen molar-refractivity contribution in [3.8, 4) is 0 Å². The van der Waals surface area contributed by atoms with Gasteiger partial charge in [0.05, 0.1) is 24.9 Å². The average Bonchev–Trinajstić information content (AvgIpc) is 2.45. The second-order valence-electron chi connectivity index (χ2n) is 6.41. The molecule has 22 heavy (non-hydrogen) atoms. The molecule has 0 bridgehead atoms. The van der Waals surface area contributed by atoms with Crippen molar-refractivity contribution in [3.63, 3.8) is 0 Å². The van der Waals surface area contributed by atoms with E-state index in [1.807, 2.05) is 6.08 Å². The molecule has 1 unspecified atom stereocenters. The Labute approximate surface area is 135 Å². The number of allylic oxidation sites excluding steroid dienone is 2. The molecule has 2 aliphatic rings. The molecule has 2 rings (SSSR count). The van der Waals surface area contributed by atoms with E-state index < -0.39 is 0 Å². The van der Waals surface area contributed by atoms with Gasteiger partial charge in [-0.05, 0) is 59.0 Å². The average molecular weight is 306 g/mol. The van der Waals surface area contributed by atoms with Crippen LogP contribution in [-0.2, 0) is 14.2 Å². The molecule has 3 heteroatoms. The van der Waals surface area contributed by atoms with Crippen molar-refractivity contribution in [2.45, 2.75) is 77.5 Å². The standard InChI is InChI=1S/C19H30O3/c1-15-11-12-20-18(13-15)9-7-5-4-6-8-10-19-21-16(2)14-17(3)22-19/h7-11,16-19H,4-6,12-14H2,1-3H3/b9-7+,10-8+/t16-,17-,18?/m1/s1. The fourth-order valence-electron chi connectivity index (χ4n) is 2.87. The first-order chi connectivity index (χ1) is 10.6. The zero-order valence-corrected chi connectivity index (χ0v) is 14.2. The minimum absolute atomic E-state index is 0.167. The van der Waals surface area contributed by atoms with Gasteiger partial charge in [-0.3, -0.25) is 0 Å². The van der Waals surface area contributed by atoms with Gasteiger partial charge >= 0.3 is 0 Å². The van der Waals surface area contributed by atoms with Crippen LogP contribution in [0.4, 0.5) is 0 Å². The van der Waals surface area contributed by atoms with Gasteiger partial charge in [0.25, 0.3) is 0 Å². The third-order valence-corrected chi connectivity index (χ3v) is 4.05. The molecule has 0 radical (unpaired) electrons. The van der Waals surface area contributed by atoms with Crippen LogP contribution >= 0.6 is 0 Å². The smallest absolute Gasteiger partial charge is 0.177 e. The van der Waals surface area contributed by atoms with E-state index in [0.717, 1.165) is 38.7 Å². The molecular weight excluding hydrogens is 276 g/mol. The minimum Gasteiger partial charge on any atom is -0.370 e. The third kappa shape index (κ3) is 6.47. The summed E-state index contributed by atoms with van der Waals surface area (Å²) in [5.41, 5.74) is 1.43. The summed E-state index contributed by atoms with van der Waals surface area (Å²) in [6.07, 6.45) is 16.8. The van der Waals surface area contributed by atoms with Crippen molar-refractivity contribution < 1.29 is 14.2 Å². The summed E-state index contributed by atoms with van der Waals surface area (Å²) in [5.74, 6) is 0. The van der Waals surface area contributed by atoms with Gasteiger partial charge in [0.1, 0.15) is 0 Å². The highest BCUT2D eigenvalue weighted by Gasteiger charge is 2.22. The second kappa shape index (κ2) is 9.29. The first-order valence-electron chi connectivity index (χ1n) is 8.55. The van der Waals surface area contributed by atoms with E-state index in [1.54, 1.807) is 0 Å². The van der Waals surface area contributed by atoms with Crippen molar-refractivity contribution in [1.82, 2.24) is 0 Å². The van der Waals surface area contributed by atoms with Gasteiger partial charge in [-0.1, -0.05) is 29.9 Å². The van der Waals surface area contributed by atoms with Crippen LogP contribution < -0.4 is 0 Å². The fourth-order valence-corrected chi connectivity index (χ4v) is 2.87. The van der Waals surface area contributed by atoms with Crippen LogP contribution in [-0.4, -0.2) is 31.2 Å². The molecule has 124 valence electrons. The van der Waals surface area contributed by atoms with Gasteiger partial charge in [0.2, 0.25) is 0 Å². The maximum Gasteiger partial charge on any atom is 0.177 e. The molecule has 0 aromatic heterocycles. The number of unbranched alkanes of at least 4 members (excludes halogenated alkanes) is 2. The molecule has 1 saturated heterocycles. The molecule has 0 aromatic rings. The predicted molar refractivity (Wildman–Crippen MR) is 89.7 cm³/mol. The Morgan fingerprint density at radius 2 is 1.77 bits per heavy atom. The van der Waals surface area contributed by atoms with Crippen LogP contribution in [0.15, 0.2) is 36.0 Å². The molecule has 0 N–H and O–H groups in total. The first kappa shape index (κ1) is 17.5. The largest absolute Gasteiger partial charge is 0.370 e. The summed E-state index contributed by atoms with van der Waals surface area (Å²) >= 11 is 0. The molecular formula is C19H30O3. The zero-order valence-electron chi connectivity index (χ0n) is 14.2. The predicted octanol–water partition coefficient (Wildman–Crippen LogP) is 4.54. The monoisotopic (exact) mass is 306 g/mol. The van der Waals surface area contributed by atoms with Crippen molar-refractivity contribution in [1.29, 1.82) is 0 Å². The SMILES string of the molecule is CC1=CCOC(/C=C/CCC/C=C/C2O[C@H](C)C[C@@H](C)O2)C1. The number of hydrogen-bond acceptors (Lipinski definition) is 3. The van der Waals surface area contributed by atoms with E-state index in [1.165, 1.54) is 5.57 Å². The molecule has 0 amide bonds. The molecule has 0 saturated carbocycles. The van der Waals surface area contributed by atoms with Gasteiger partial charge in [0.15, 0.2) is 6.29 Å². The highest BCUT2D eigenvalue weighted by Crippen LogP contribution is 2.19. The van der Waals surface area contributed by atoms with E-state index in [0.29, 0.717) is 0 Å². The van der Waals surface area contributed by atoms with Gasteiger partial charge in [-0.2, -0.15) is 0 Å². The lowest BCUT2D eigenvalue weighted by molar-refractivity contribution is -0.210. The topological polar surface area (TPSA) is 27.7 Å². The van der Waals surface area contributed by atoms with Crippen LogP contribution in [0.3, 0.4) is 0 Å². The molecule has 3 atom stereocenters. The number of ether oxygens (including phenoxy) is 3. The Kier molecular flexibility index (Phi) is 7.37. The number of hydrogen-bond donors (Lipinski definition) is 0. The molecule has 0 aliphatic carbocycles. The van der Waals surface area contributed by atoms with Crippen molar-refractivity contribution in [3.05, 3.63) is 36.0 Å². The Hall–Kier alpha value is -0.900. The molecule has 3 nitrogen and oxygen atoms in total. The van der Waals surface area contributed by atoms with Crippen LogP contribution in [0, 0.1) is 0 Å². The summed E-state index contributed by atoms with van der Waals surface area (Å²) in [6, 6.07) is 0. The summed E-state index contributed by atoms with van der Waals surface area (Å²) in [7, 11) is 0.